The molecular weight excluding hydrogens is 492 g/mol. The number of rotatable bonds is 10. The summed E-state index contributed by atoms with van der Waals surface area (Å²) in [6.07, 6.45) is 1.61. The molecule has 0 fully saturated rings. The second kappa shape index (κ2) is 11.6. The SMILES string of the molecule is COCCOc1cc2nccc(Oc3ccc(NC(=O)c4c(C)[nH]c(C)c(OC)c4=O)cc3)c2nc1OC. The highest BCUT2D eigenvalue weighted by atomic mass is 16.5. The molecular formula is C27H28N4O7. The molecule has 11 nitrogen and oxygen atoms in total. The third-order valence-electron chi connectivity index (χ3n) is 5.64. The number of carbonyl (C=O) groups is 1. The van der Waals surface area contributed by atoms with Crippen LogP contribution in [-0.4, -0.2) is 55.4 Å². The molecule has 38 heavy (non-hydrogen) atoms. The topological polar surface area (TPSA) is 134 Å². The van der Waals surface area contributed by atoms with Gasteiger partial charge in [0.05, 0.1) is 32.0 Å². The van der Waals surface area contributed by atoms with Gasteiger partial charge >= 0.3 is 0 Å². The number of anilines is 1. The fourth-order valence-electron chi connectivity index (χ4n) is 3.88. The monoisotopic (exact) mass is 520 g/mol. The zero-order valence-corrected chi connectivity index (χ0v) is 21.7. The number of amides is 1. The van der Waals surface area contributed by atoms with Crippen LogP contribution in [0.3, 0.4) is 0 Å². The van der Waals surface area contributed by atoms with Gasteiger partial charge in [-0.05, 0) is 38.1 Å². The first-order valence-corrected chi connectivity index (χ1v) is 11.7. The van der Waals surface area contributed by atoms with Gasteiger partial charge in [0.1, 0.15) is 23.4 Å². The van der Waals surface area contributed by atoms with E-state index >= 15 is 0 Å². The van der Waals surface area contributed by atoms with Crippen LogP contribution >= 0.6 is 0 Å². The van der Waals surface area contributed by atoms with Crippen molar-refractivity contribution in [1.82, 2.24) is 15.0 Å². The van der Waals surface area contributed by atoms with E-state index in [4.69, 9.17) is 23.7 Å². The summed E-state index contributed by atoms with van der Waals surface area (Å²) in [6, 6.07) is 10.1. The lowest BCUT2D eigenvalue weighted by Gasteiger charge is -2.13. The number of aryl methyl sites for hydroxylation is 2. The van der Waals surface area contributed by atoms with Crippen molar-refractivity contribution < 1.29 is 28.5 Å². The van der Waals surface area contributed by atoms with E-state index in [0.29, 0.717) is 64.5 Å². The Morgan fingerprint density at radius 3 is 2.42 bits per heavy atom. The van der Waals surface area contributed by atoms with Crippen molar-refractivity contribution in [3.63, 3.8) is 0 Å². The van der Waals surface area contributed by atoms with Crippen LogP contribution in [0, 0.1) is 13.8 Å². The normalized spacial score (nSPS) is 10.8. The maximum Gasteiger partial charge on any atom is 0.261 e. The quantitative estimate of drug-likeness (QED) is 0.297. The van der Waals surface area contributed by atoms with Crippen LogP contribution in [0.25, 0.3) is 11.0 Å². The van der Waals surface area contributed by atoms with Crippen molar-refractivity contribution in [2.75, 3.05) is 39.9 Å². The molecule has 3 heterocycles. The molecule has 4 aromatic rings. The number of pyridine rings is 3. The highest BCUT2D eigenvalue weighted by Crippen LogP contribution is 2.34. The van der Waals surface area contributed by atoms with Crippen LogP contribution in [0.5, 0.6) is 28.9 Å². The zero-order chi connectivity index (χ0) is 27.2. The maximum atomic E-state index is 12.9. The molecule has 0 aliphatic carbocycles. The van der Waals surface area contributed by atoms with Crippen molar-refractivity contribution in [2.45, 2.75) is 13.8 Å². The summed E-state index contributed by atoms with van der Waals surface area (Å²) >= 11 is 0. The minimum atomic E-state index is -0.546. The van der Waals surface area contributed by atoms with Gasteiger partial charge in [0.25, 0.3) is 11.8 Å². The van der Waals surface area contributed by atoms with Crippen LogP contribution in [-0.2, 0) is 4.74 Å². The summed E-state index contributed by atoms with van der Waals surface area (Å²) in [4.78, 5) is 37.5. The molecule has 0 unspecified atom stereocenters. The first-order valence-electron chi connectivity index (χ1n) is 11.7. The Morgan fingerprint density at radius 1 is 0.974 bits per heavy atom. The van der Waals surface area contributed by atoms with Crippen molar-refractivity contribution in [3.05, 3.63) is 69.8 Å². The fourth-order valence-corrected chi connectivity index (χ4v) is 3.88. The Labute approximate surface area is 218 Å². The number of H-pyrrole nitrogens is 1. The Morgan fingerprint density at radius 2 is 1.74 bits per heavy atom. The Hall–Kier alpha value is -4.64. The molecule has 3 aromatic heterocycles. The molecule has 1 aromatic carbocycles. The molecule has 0 saturated heterocycles. The molecule has 4 rings (SSSR count). The molecule has 0 atom stereocenters. The smallest absolute Gasteiger partial charge is 0.261 e. The molecule has 0 aliphatic heterocycles. The van der Waals surface area contributed by atoms with Gasteiger partial charge < -0.3 is 34.0 Å². The summed E-state index contributed by atoms with van der Waals surface area (Å²) in [5, 5.41) is 2.74. The van der Waals surface area contributed by atoms with Gasteiger partial charge in [-0.15, -0.1) is 0 Å². The Bertz CT molecular complexity index is 1520. The van der Waals surface area contributed by atoms with Gasteiger partial charge in [-0.3, -0.25) is 14.6 Å². The van der Waals surface area contributed by atoms with Crippen LogP contribution in [0.1, 0.15) is 21.7 Å². The molecule has 0 radical (unpaired) electrons. The van der Waals surface area contributed by atoms with E-state index < -0.39 is 11.3 Å². The number of aromatic amines is 1. The number of fused-ring (bicyclic) bond motifs is 1. The highest BCUT2D eigenvalue weighted by molar-refractivity contribution is 6.05. The lowest BCUT2D eigenvalue weighted by Crippen LogP contribution is -2.25. The largest absolute Gasteiger partial charge is 0.491 e. The summed E-state index contributed by atoms with van der Waals surface area (Å²) in [6.45, 7) is 4.13. The number of hydrogen-bond acceptors (Lipinski definition) is 9. The van der Waals surface area contributed by atoms with E-state index in [2.05, 4.69) is 20.3 Å². The van der Waals surface area contributed by atoms with E-state index in [1.54, 1.807) is 63.6 Å². The van der Waals surface area contributed by atoms with Gasteiger partial charge in [0.2, 0.25) is 5.43 Å². The average Bonchev–Trinajstić information content (AvgIpc) is 2.89. The fraction of sp³-hybridized carbons (Fsp3) is 0.259. The molecule has 0 spiro atoms. The predicted octanol–water partition coefficient (Wildman–Crippen LogP) is 4.02. The second-order valence-electron chi connectivity index (χ2n) is 8.21. The van der Waals surface area contributed by atoms with Gasteiger partial charge in [-0.25, -0.2) is 4.98 Å². The number of nitrogens with zero attached hydrogens (tertiary/aromatic N) is 2. The number of nitrogens with one attached hydrogen (secondary N) is 2. The lowest BCUT2D eigenvalue weighted by atomic mass is 10.1. The highest BCUT2D eigenvalue weighted by Gasteiger charge is 2.20. The minimum Gasteiger partial charge on any atom is -0.491 e. The molecule has 198 valence electrons. The van der Waals surface area contributed by atoms with E-state index in [-0.39, 0.29) is 11.3 Å². The first kappa shape index (κ1) is 26.4. The summed E-state index contributed by atoms with van der Waals surface area (Å²) in [5.41, 5.74) is 2.06. The third kappa shape index (κ3) is 5.52. The summed E-state index contributed by atoms with van der Waals surface area (Å²) < 4.78 is 27.3. The number of aromatic nitrogens is 3. The van der Waals surface area contributed by atoms with Crippen molar-refractivity contribution >= 4 is 22.6 Å². The summed E-state index contributed by atoms with van der Waals surface area (Å²) in [7, 11) is 4.48. The summed E-state index contributed by atoms with van der Waals surface area (Å²) in [5.74, 6) is 1.26. The number of ether oxygens (including phenoxy) is 5. The Balaban J connectivity index is 1.54. The third-order valence-corrected chi connectivity index (χ3v) is 5.64. The Kier molecular flexibility index (Phi) is 8.07. The standard InChI is InChI=1S/C27H28N4O7/c1-15-22(24(32)25(35-4)16(2)29-15)26(33)30-17-6-8-18(9-7-17)38-20-10-11-28-19-14-21(37-13-12-34-3)27(36-5)31-23(19)20/h6-11,14H,12-13H2,1-5H3,(H,29,32)(H,30,33). The second-order valence-corrected chi connectivity index (χ2v) is 8.21. The molecule has 0 aliphatic rings. The van der Waals surface area contributed by atoms with Gasteiger partial charge in [-0.2, -0.15) is 0 Å². The van der Waals surface area contributed by atoms with Crippen LogP contribution in [0.4, 0.5) is 5.69 Å². The van der Waals surface area contributed by atoms with Crippen molar-refractivity contribution in [1.29, 1.82) is 0 Å². The van der Waals surface area contributed by atoms with E-state index in [0.717, 1.165) is 0 Å². The molecule has 0 bridgehead atoms. The first-order chi connectivity index (χ1) is 18.4. The van der Waals surface area contributed by atoms with Gasteiger partial charge in [0, 0.05) is 36.8 Å². The van der Waals surface area contributed by atoms with E-state index in [1.165, 1.54) is 14.2 Å². The van der Waals surface area contributed by atoms with Crippen molar-refractivity contribution in [3.8, 4) is 28.9 Å². The van der Waals surface area contributed by atoms with Crippen LogP contribution in [0.2, 0.25) is 0 Å². The molecule has 2 N–H and O–H groups in total. The number of carbonyl (C=O) groups excluding carboxylic acids is 1. The molecule has 1 amide bonds. The zero-order valence-electron chi connectivity index (χ0n) is 21.7. The number of benzene rings is 1. The van der Waals surface area contributed by atoms with E-state index in [9.17, 15) is 9.59 Å². The maximum absolute atomic E-state index is 12.9. The predicted molar refractivity (Wildman–Crippen MR) is 141 cm³/mol. The van der Waals surface area contributed by atoms with E-state index in [1.807, 2.05) is 0 Å². The van der Waals surface area contributed by atoms with Gasteiger partial charge in [0.15, 0.2) is 17.2 Å². The number of hydrogen-bond donors (Lipinski definition) is 2. The van der Waals surface area contributed by atoms with Crippen LogP contribution < -0.4 is 29.7 Å². The molecule has 0 saturated carbocycles. The van der Waals surface area contributed by atoms with Crippen LogP contribution in [0.15, 0.2) is 47.4 Å². The lowest BCUT2D eigenvalue weighted by molar-refractivity contribution is 0.102. The number of methoxy groups -OCH3 is 3. The molecule has 11 heteroatoms. The average molecular weight is 521 g/mol. The van der Waals surface area contributed by atoms with Gasteiger partial charge in [-0.1, -0.05) is 0 Å². The minimum absolute atomic E-state index is 0.0124. The van der Waals surface area contributed by atoms with Crippen molar-refractivity contribution in [2.24, 2.45) is 0 Å².